The number of likely N-dealkylation sites (N-methyl/N-ethyl adjacent to an activating group) is 1. The molecule has 2 aromatic heterocycles. The Kier molecular flexibility index (Phi) is 21.6. The van der Waals surface area contributed by atoms with Gasteiger partial charge in [0.2, 0.25) is 0 Å². The molecule has 0 saturated carbocycles. The van der Waals surface area contributed by atoms with Gasteiger partial charge in [-0.05, 0) is 97.5 Å². The average Bonchev–Trinajstić information content (AvgIpc) is 3.75. The van der Waals surface area contributed by atoms with E-state index >= 15 is 0 Å². The van der Waals surface area contributed by atoms with Gasteiger partial charge in [-0.1, -0.05) is 43.7 Å². The lowest BCUT2D eigenvalue weighted by atomic mass is 9.80. The Bertz CT molecular complexity index is 1750. The minimum Gasteiger partial charge on any atom is -0.462 e. The third kappa shape index (κ3) is 14.8. The SMILES string of the molecule is CCO[C@@H](O[C@H]1[C@@H](CCn2cc(-c3cccnc3)nn2)C[C@@H](C)C(=O)/C=C/C(C)=C/[C@H](COC2OC(C)C(O)C(OC)C2OC)[C@@H](CC)OC(=O)CC[C@@H]1C)C(O)C([C@@H](C)O)N(C)C. The summed E-state index contributed by atoms with van der Waals surface area (Å²) in [7, 11) is 6.53. The highest BCUT2D eigenvalue weighted by Crippen LogP contribution is 2.34. The molecule has 360 valence electrons. The first-order chi connectivity index (χ1) is 30.5. The minimum absolute atomic E-state index is 0.0602. The molecule has 64 heavy (non-hydrogen) atoms. The molecule has 3 N–H and O–H groups in total. The molecule has 2 aliphatic heterocycles. The molecule has 0 radical (unpaired) electrons. The smallest absolute Gasteiger partial charge is 0.306 e. The molecule has 2 aromatic rings. The van der Waals surface area contributed by atoms with E-state index in [4.69, 9.17) is 33.2 Å². The van der Waals surface area contributed by atoms with Crippen LogP contribution in [0.5, 0.6) is 0 Å². The number of esters is 1. The summed E-state index contributed by atoms with van der Waals surface area (Å²) >= 11 is 0. The number of rotatable bonds is 18. The Morgan fingerprint density at radius 1 is 1.05 bits per heavy atom. The Labute approximate surface area is 379 Å². The quantitative estimate of drug-likeness (QED) is 0.140. The van der Waals surface area contributed by atoms with Crippen LogP contribution in [0.25, 0.3) is 11.3 Å². The highest BCUT2D eigenvalue weighted by Gasteiger charge is 2.45. The van der Waals surface area contributed by atoms with Gasteiger partial charge in [-0.15, -0.1) is 5.10 Å². The molecule has 7 unspecified atom stereocenters. The van der Waals surface area contributed by atoms with Gasteiger partial charge >= 0.3 is 5.97 Å². The maximum absolute atomic E-state index is 14.0. The summed E-state index contributed by atoms with van der Waals surface area (Å²) in [6.07, 6.45) is 4.01. The molecule has 4 rings (SSSR count). The zero-order valence-electron chi connectivity index (χ0n) is 39.7. The van der Waals surface area contributed by atoms with Gasteiger partial charge in [0.1, 0.15) is 36.2 Å². The van der Waals surface area contributed by atoms with Crippen molar-refractivity contribution in [2.45, 2.75) is 155 Å². The fourth-order valence-corrected chi connectivity index (χ4v) is 8.86. The number of methoxy groups -OCH3 is 2. The third-order valence-corrected chi connectivity index (χ3v) is 12.4. The summed E-state index contributed by atoms with van der Waals surface area (Å²) in [6.45, 7) is 13.6. The summed E-state index contributed by atoms with van der Waals surface area (Å²) in [5.74, 6) is -1.96. The second kappa shape index (κ2) is 26.0. The standard InChI is InChI=1S/C47H75N5O12/c1-12-38-35(27-61-47-45(59-11)44(58-10)41(56)32(7)62-47)23-28(3)16-18-37(54)30(5)24-33(20-22-52-26-36(49-50-52)34-15-14-21-48-25-34)43(29(4)17-19-39(55)63-38)64-46(60-13-2)42(57)40(31(6)53)51(8)9/h14-16,18,21,23,25-26,29-33,35,38,40-47,53,56-57H,12-13,17,19-20,22,24,27H2,1-11H3/b18-16+,28-23+/t29-,30+,31+,32?,33-,35+,38+,40?,41?,42?,43+,44?,45?,46-,47?/m0/s1. The van der Waals surface area contributed by atoms with Crippen molar-refractivity contribution < 1.29 is 58.1 Å². The third-order valence-electron chi connectivity index (χ3n) is 12.4. The number of ketones is 1. The number of pyridine rings is 1. The van der Waals surface area contributed by atoms with Crippen molar-refractivity contribution in [1.29, 1.82) is 0 Å². The second-order valence-electron chi connectivity index (χ2n) is 17.6. The molecule has 15 atom stereocenters. The van der Waals surface area contributed by atoms with Crippen molar-refractivity contribution in [2.75, 3.05) is 41.5 Å². The number of aryl methyl sites for hydroxylation is 1. The first-order valence-corrected chi connectivity index (χ1v) is 22.7. The van der Waals surface area contributed by atoms with Crippen LogP contribution in [0.3, 0.4) is 0 Å². The van der Waals surface area contributed by atoms with Crippen LogP contribution >= 0.6 is 0 Å². The van der Waals surface area contributed by atoms with E-state index in [1.807, 2.05) is 59.0 Å². The number of aromatic nitrogens is 4. The van der Waals surface area contributed by atoms with Crippen LogP contribution in [0.4, 0.5) is 0 Å². The highest BCUT2D eigenvalue weighted by molar-refractivity contribution is 5.91. The van der Waals surface area contributed by atoms with E-state index < -0.39 is 85.3 Å². The molecule has 1 fully saturated rings. The number of hydrogen-bond acceptors (Lipinski definition) is 16. The average molecular weight is 902 g/mol. The van der Waals surface area contributed by atoms with Crippen LogP contribution in [-0.2, 0) is 49.3 Å². The molecule has 4 heterocycles. The van der Waals surface area contributed by atoms with E-state index in [-0.39, 0.29) is 37.3 Å². The number of ether oxygens (including phenoxy) is 7. The van der Waals surface area contributed by atoms with Crippen LogP contribution in [0.15, 0.2) is 54.5 Å². The van der Waals surface area contributed by atoms with Gasteiger partial charge in [0.05, 0.1) is 37.2 Å². The molecule has 1 saturated heterocycles. The summed E-state index contributed by atoms with van der Waals surface area (Å²) in [6, 6.07) is 3.03. The molecular weight excluding hydrogens is 827 g/mol. The van der Waals surface area contributed by atoms with Gasteiger partial charge in [-0.25, -0.2) is 0 Å². The number of aliphatic hydroxyl groups excluding tert-OH is 3. The fraction of sp³-hybridized carbons (Fsp3) is 0.723. The topological polar surface area (TPSA) is 206 Å². The number of cyclic esters (lactones) is 1. The van der Waals surface area contributed by atoms with Crippen molar-refractivity contribution in [3.05, 3.63) is 54.5 Å². The van der Waals surface area contributed by atoms with E-state index in [1.165, 1.54) is 14.2 Å². The van der Waals surface area contributed by atoms with Gasteiger partial charge < -0.3 is 53.4 Å². The zero-order chi connectivity index (χ0) is 47.1. The van der Waals surface area contributed by atoms with Crippen molar-refractivity contribution in [3.8, 4) is 11.3 Å². The molecule has 17 heteroatoms. The number of aliphatic hydroxyl groups is 3. The maximum atomic E-state index is 14.0. The van der Waals surface area contributed by atoms with Crippen molar-refractivity contribution in [2.24, 2.45) is 23.7 Å². The molecule has 2 aliphatic rings. The Hall–Kier alpha value is -3.49. The number of carbonyl (C=O) groups excluding carboxylic acids is 2. The predicted octanol–water partition coefficient (Wildman–Crippen LogP) is 4.38. The predicted molar refractivity (Wildman–Crippen MR) is 238 cm³/mol. The highest BCUT2D eigenvalue weighted by atomic mass is 16.7. The van der Waals surface area contributed by atoms with Crippen molar-refractivity contribution in [1.82, 2.24) is 24.9 Å². The van der Waals surface area contributed by atoms with Crippen molar-refractivity contribution >= 4 is 11.8 Å². The van der Waals surface area contributed by atoms with Crippen LogP contribution in [0.2, 0.25) is 0 Å². The van der Waals surface area contributed by atoms with E-state index in [1.54, 1.807) is 62.1 Å². The second-order valence-corrected chi connectivity index (χ2v) is 17.6. The van der Waals surface area contributed by atoms with Crippen molar-refractivity contribution in [3.63, 3.8) is 0 Å². The van der Waals surface area contributed by atoms with Crippen LogP contribution < -0.4 is 0 Å². The Morgan fingerprint density at radius 2 is 1.78 bits per heavy atom. The summed E-state index contributed by atoms with van der Waals surface area (Å²) < 4.78 is 44.5. The number of carbonyl (C=O) groups is 2. The monoisotopic (exact) mass is 902 g/mol. The minimum atomic E-state index is -1.25. The van der Waals surface area contributed by atoms with Gasteiger partial charge in [-0.3, -0.25) is 19.3 Å². The summed E-state index contributed by atoms with van der Waals surface area (Å²) in [5.41, 5.74) is 2.27. The Balaban J connectivity index is 1.69. The lowest BCUT2D eigenvalue weighted by Crippen LogP contribution is -2.59. The van der Waals surface area contributed by atoms with E-state index in [0.717, 1.165) is 11.1 Å². The van der Waals surface area contributed by atoms with E-state index in [0.29, 0.717) is 37.9 Å². The molecular formula is C47H75N5O12. The van der Waals surface area contributed by atoms with E-state index in [9.17, 15) is 24.9 Å². The summed E-state index contributed by atoms with van der Waals surface area (Å²) in [4.78, 5) is 33.8. The van der Waals surface area contributed by atoms with Gasteiger partial charge in [0.25, 0.3) is 0 Å². The van der Waals surface area contributed by atoms with Crippen LogP contribution in [0.1, 0.15) is 80.6 Å². The first-order valence-electron chi connectivity index (χ1n) is 22.7. The van der Waals surface area contributed by atoms with Gasteiger partial charge in [0.15, 0.2) is 18.4 Å². The molecule has 0 spiro atoms. The van der Waals surface area contributed by atoms with Gasteiger partial charge in [0, 0.05) is 63.6 Å². The Morgan fingerprint density at radius 3 is 2.41 bits per heavy atom. The van der Waals surface area contributed by atoms with Crippen LogP contribution in [0, 0.1) is 23.7 Å². The lowest BCUT2D eigenvalue weighted by Gasteiger charge is -2.42. The largest absolute Gasteiger partial charge is 0.462 e. The van der Waals surface area contributed by atoms with E-state index in [2.05, 4.69) is 15.3 Å². The summed E-state index contributed by atoms with van der Waals surface area (Å²) in [5, 5.41) is 42.0. The maximum Gasteiger partial charge on any atom is 0.306 e. The molecule has 17 nitrogen and oxygen atoms in total. The molecule has 0 amide bonds. The molecule has 0 aromatic carbocycles. The van der Waals surface area contributed by atoms with Crippen LogP contribution in [-0.4, -0.2) is 161 Å². The lowest BCUT2D eigenvalue weighted by molar-refractivity contribution is -0.304. The molecule has 0 bridgehead atoms. The molecule has 0 aliphatic carbocycles. The number of hydrogen-bond donors (Lipinski definition) is 3. The van der Waals surface area contributed by atoms with Gasteiger partial charge in [-0.2, -0.15) is 0 Å². The number of nitrogens with zero attached hydrogens (tertiary/aromatic N) is 5. The fourth-order valence-electron chi connectivity index (χ4n) is 8.86. The number of allylic oxidation sites excluding steroid dienone is 3. The zero-order valence-corrected chi connectivity index (χ0v) is 39.7. The normalized spacial score (nSPS) is 32.3. The first kappa shape index (κ1) is 53.1.